The molecule has 0 saturated heterocycles. The van der Waals surface area contributed by atoms with E-state index in [2.05, 4.69) is 11.4 Å². The fraction of sp³-hybridized carbons (Fsp3) is 0.0500. The highest BCUT2D eigenvalue weighted by atomic mass is 16.5. The average Bonchev–Trinajstić information content (AvgIpc) is 2.95. The molecule has 1 amide bonds. The van der Waals surface area contributed by atoms with Gasteiger partial charge in [0.05, 0.1) is 6.42 Å². The van der Waals surface area contributed by atoms with Crippen molar-refractivity contribution >= 4 is 11.6 Å². The number of rotatable bonds is 3. The Hall–Kier alpha value is -3.07. The fourth-order valence-corrected chi connectivity index (χ4v) is 2.81. The molecule has 0 bridgehead atoms. The molecule has 0 aromatic heterocycles. The molecule has 0 fully saturated rings. The molecule has 1 heterocycles. The highest BCUT2D eigenvalue weighted by molar-refractivity contribution is 5.99. The van der Waals surface area contributed by atoms with Crippen LogP contribution in [0.2, 0.25) is 0 Å². The van der Waals surface area contributed by atoms with Crippen LogP contribution in [0.1, 0.15) is 5.56 Å². The fourth-order valence-electron chi connectivity index (χ4n) is 2.81. The van der Waals surface area contributed by atoms with Crippen LogP contribution in [0.25, 0.3) is 11.1 Å². The summed E-state index contributed by atoms with van der Waals surface area (Å²) < 4.78 is 6.02. The van der Waals surface area contributed by atoms with Gasteiger partial charge in [0.15, 0.2) is 0 Å². The van der Waals surface area contributed by atoms with E-state index < -0.39 is 0 Å². The summed E-state index contributed by atoms with van der Waals surface area (Å²) in [6.07, 6.45) is 0.435. The highest BCUT2D eigenvalue weighted by Gasteiger charge is 2.18. The number of nitrogens with one attached hydrogen (secondary N) is 1. The van der Waals surface area contributed by atoms with Crippen LogP contribution in [-0.4, -0.2) is 5.91 Å². The van der Waals surface area contributed by atoms with Gasteiger partial charge in [-0.2, -0.15) is 0 Å². The maximum atomic E-state index is 11.5. The largest absolute Gasteiger partial charge is 0.457 e. The van der Waals surface area contributed by atoms with Crippen molar-refractivity contribution in [3.8, 4) is 22.6 Å². The second-order valence-corrected chi connectivity index (χ2v) is 5.51. The van der Waals surface area contributed by atoms with E-state index in [4.69, 9.17) is 4.74 Å². The molecule has 3 heteroatoms. The van der Waals surface area contributed by atoms with Gasteiger partial charge in [0.1, 0.15) is 11.5 Å². The molecule has 1 aliphatic rings. The second kappa shape index (κ2) is 5.61. The van der Waals surface area contributed by atoms with Gasteiger partial charge in [-0.1, -0.05) is 42.5 Å². The van der Waals surface area contributed by atoms with E-state index >= 15 is 0 Å². The maximum absolute atomic E-state index is 11.5. The third-order valence-electron chi connectivity index (χ3n) is 3.90. The third-order valence-corrected chi connectivity index (χ3v) is 3.90. The van der Waals surface area contributed by atoms with Crippen molar-refractivity contribution in [3.05, 3.63) is 78.4 Å². The summed E-state index contributed by atoms with van der Waals surface area (Å²) in [5, 5.41) is 2.86. The van der Waals surface area contributed by atoms with Crippen LogP contribution in [0, 0.1) is 0 Å². The molecule has 112 valence electrons. The lowest BCUT2D eigenvalue weighted by Crippen LogP contribution is -2.03. The number of hydrogen-bond acceptors (Lipinski definition) is 2. The first-order chi connectivity index (χ1) is 11.3. The van der Waals surface area contributed by atoms with Crippen LogP contribution >= 0.6 is 0 Å². The van der Waals surface area contributed by atoms with Crippen LogP contribution in [0.4, 0.5) is 5.69 Å². The van der Waals surface area contributed by atoms with E-state index in [-0.39, 0.29) is 5.91 Å². The molecular weight excluding hydrogens is 286 g/mol. The molecule has 0 radical (unpaired) electrons. The zero-order valence-corrected chi connectivity index (χ0v) is 12.5. The van der Waals surface area contributed by atoms with Gasteiger partial charge >= 0.3 is 0 Å². The monoisotopic (exact) mass is 301 g/mol. The predicted molar refractivity (Wildman–Crippen MR) is 90.7 cm³/mol. The first-order valence-corrected chi connectivity index (χ1v) is 7.55. The quantitative estimate of drug-likeness (QED) is 0.765. The first-order valence-electron chi connectivity index (χ1n) is 7.55. The molecule has 0 spiro atoms. The van der Waals surface area contributed by atoms with Crippen LogP contribution in [-0.2, 0) is 11.2 Å². The van der Waals surface area contributed by atoms with Crippen LogP contribution in [0.15, 0.2) is 72.8 Å². The third kappa shape index (κ3) is 2.69. The minimum Gasteiger partial charge on any atom is -0.457 e. The minimum absolute atomic E-state index is 0.0472. The van der Waals surface area contributed by atoms with Crippen molar-refractivity contribution in [2.24, 2.45) is 0 Å². The molecule has 0 unspecified atom stereocenters. The van der Waals surface area contributed by atoms with Crippen molar-refractivity contribution in [1.82, 2.24) is 0 Å². The van der Waals surface area contributed by atoms with Gasteiger partial charge in [-0.15, -0.1) is 0 Å². The molecule has 1 aliphatic heterocycles. The number of ether oxygens (including phenoxy) is 1. The predicted octanol–water partition coefficient (Wildman–Crippen LogP) is 4.64. The van der Waals surface area contributed by atoms with Crippen LogP contribution in [0.3, 0.4) is 0 Å². The summed E-state index contributed by atoms with van der Waals surface area (Å²) in [4.78, 5) is 11.5. The Morgan fingerprint density at radius 2 is 1.65 bits per heavy atom. The van der Waals surface area contributed by atoms with Crippen molar-refractivity contribution in [2.45, 2.75) is 6.42 Å². The summed E-state index contributed by atoms with van der Waals surface area (Å²) in [7, 11) is 0. The van der Waals surface area contributed by atoms with E-state index in [1.807, 2.05) is 66.7 Å². The summed E-state index contributed by atoms with van der Waals surface area (Å²) in [5.41, 5.74) is 3.99. The van der Waals surface area contributed by atoms with E-state index in [0.717, 1.165) is 33.9 Å². The van der Waals surface area contributed by atoms with Gasteiger partial charge in [0, 0.05) is 11.3 Å². The van der Waals surface area contributed by atoms with Gasteiger partial charge in [-0.05, 0) is 41.5 Å². The van der Waals surface area contributed by atoms with Crippen molar-refractivity contribution in [3.63, 3.8) is 0 Å². The number of hydrogen-bond donors (Lipinski definition) is 1. The number of anilines is 1. The topological polar surface area (TPSA) is 38.3 Å². The molecule has 3 aromatic carbocycles. The van der Waals surface area contributed by atoms with Gasteiger partial charge in [0.25, 0.3) is 0 Å². The summed E-state index contributed by atoms with van der Waals surface area (Å²) in [6, 6.07) is 23.7. The Labute approximate surface area is 134 Å². The average molecular weight is 301 g/mol. The molecular formula is C20H15NO2. The van der Waals surface area contributed by atoms with Crippen molar-refractivity contribution in [1.29, 1.82) is 0 Å². The summed E-state index contributed by atoms with van der Waals surface area (Å²) >= 11 is 0. The molecule has 4 rings (SSSR count). The SMILES string of the molecule is O=C1Cc2cc(-c3ccccc3Oc3ccccc3)ccc2N1. The standard InChI is InChI=1S/C20H15NO2/c22-20-13-15-12-14(10-11-18(15)21-20)17-8-4-5-9-19(17)23-16-6-2-1-3-7-16/h1-12H,13H2,(H,21,22). The molecule has 0 saturated carbocycles. The van der Waals surface area contributed by atoms with E-state index in [0.29, 0.717) is 6.42 Å². The minimum atomic E-state index is 0.0472. The number of benzene rings is 3. The molecule has 3 aromatic rings. The van der Waals surface area contributed by atoms with Crippen molar-refractivity contribution in [2.75, 3.05) is 5.32 Å². The molecule has 3 nitrogen and oxygen atoms in total. The Morgan fingerprint density at radius 3 is 2.52 bits per heavy atom. The Balaban J connectivity index is 1.73. The molecule has 0 atom stereocenters. The Morgan fingerprint density at radius 1 is 0.870 bits per heavy atom. The summed E-state index contributed by atoms with van der Waals surface area (Å²) in [5.74, 6) is 1.65. The van der Waals surface area contributed by atoms with Crippen molar-refractivity contribution < 1.29 is 9.53 Å². The lowest BCUT2D eigenvalue weighted by molar-refractivity contribution is -0.115. The smallest absolute Gasteiger partial charge is 0.228 e. The first kappa shape index (κ1) is 13.6. The van der Waals surface area contributed by atoms with Gasteiger partial charge in [-0.3, -0.25) is 4.79 Å². The molecule has 0 aliphatic carbocycles. The lowest BCUT2D eigenvalue weighted by Gasteiger charge is -2.12. The number of fused-ring (bicyclic) bond motifs is 1. The molecule has 1 N–H and O–H groups in total. The zero-order valence-electron chi connectivity index (χ0n) is 12.5. The van der Waals surface area contributed by atoms with Gasteiger partial charge in [0.2, 0.25) is 5.91 Å². The maximum Gasteiger partial charge on any atom is 0.228 e. The summed E-state index contributed by atoms with van der Waals surface area (Å²) in [6.45, 7) is 0. The normalized spacial score (nSPS) is 12.6. The van der Waals surface area contributed by atoms with E-state index in [1.54, 1.807) is 0 Å². The zero-order chi connectivity index (χ0) is 15.6. The number of carbonyl (C=O) groups excluding carboxylic acids is 1. The van der Waals surface area contributed by atoms with Gasteiger partial charge in [-0.25, -0.2) is 0 Å². The molecule has 23 heavy (non-hydrogen) atoms. The van der Waals surface area contributed by atoms with Crippen LogP contribution in [0.5, 0.6) is 11.5 Å². The Kier molecular flexibility index (Phi) is 3.31. The number of carbonyl (C=O) groups is 1. The number of para-hydroxylation sites is 2. The van der Waals surface area contributed by atoms with E-state index in [1.165, 1.54) is 0 Å². The second-order valence-electron chi connectivity index (χ2n) is 5.51. The lowest BCUT2D eigenvalue weighted by atomic mass is 10.0. The Bertz CT molecular complexity index is 872. The van der Waals surface area contributed by atoms with Gasteiger partial charge < -0.3 is 10.1 Å². The highest BCUT2D eigenvalue weighted by Crippen LogP contribution is 2.36. The van der Waals surface area contributed by atoms with Crippen LogP contribution < -0.4 is 10.1 Å². The van der Waals surface area contributed by atoms with E-state index in [9.17, 15) is 4.79 Å². The number of amides is 1.